The fraction of sp³-hybridized carbons (Fsp3) is 0.939. The molecule has 0 aliphatic carbocycles. The maximum Gasteiger partial charge on any atom is 0.472 e. The van der Waals surface area contributed by atoms with Crippen molar-refractivity contribution in [3.05, 3.63) is 0 Å². The van der Waals surface area contributed by atoms with E-state index in [0.29, 0.717) is 12.8 Å². The van der Waals surface area contributed by atoms with Crippen LogP contribution in [0.25, 0.3) is 0 Å². The first-order valence-electron chi connectivity index (χ1n) is 17.5. The highest BCUT2D eigenvalue weighted by Crippen LogP contribution is 2.43. The van der Waals surface area contributed by atoms with Crippen LogP contribution in [0.4, 0.5) is 0 Å². The van der Waals surface area contributed by atoms with Crippen molar-refractivity contribution in [3.8, 4) is 0 Å². The molecule has 10 nitrogen and oxygen atoms in total. The van der Waals surface area contributed by atoms with Crippen LogP contribution in [0, 0.1) is 0 Å². The zero-order valence-electron chi connectivity index (χ0n) is 27.9. The Labute approximate surface area is 267 Å². The van der Waals surface area contributed by atoms with Crippen molar-refractivity contribution >= 4 is 19.8 Å². The van der Waals surface area contributed by atoms with Crippen molar-refractivity contribution in [2.45, 2.75) is 174 Å². The van der Waals surface area contributed by atoms with E-state index in [1.54, 1.807) is 6.92 Å². The summed E-state index contributed by atoms with van der Waals surface area (Å²) in [4.78, 5) is 33.5. The number of rotatable bonds is 33. The summed E-state index contributed by atoms with van der Waals surface area (Å²) in [6.07, 6.45) is 24.3. The number of carbonyl (C=O) groups excluding carboxylic acids is 2. The predicted molar refractivity (Wildman–Crippen MR) is 173 cm³/mol. The van der Waals surface area contributed by atoms with E-state index in [4.69, 9.17) is 18.5 Å². The Morgan fingerprint density at radius 3 is 1.16 bits per heavy atom. The summed E-state index contributed by atoms with van der Waals surface area (Å²) in [5, 5.41) is 18.7. The number of carbonyl (C=O) groups is 2. The molecule has 262 valence electrons. The van der Waals surface area contributed by atoms with E-state index in [2.05, 4.69) is 6.92 Å². The molecule has 0 aromatic heterocycles. The molecule has 0 rings (SSSR count). The molecule has 0 aromatic rings. The molecule has 0 bridgehead atoms. The van der Waals surface area contributed by atoms with E-state index in [-0.39, 0.29) is 12.8 Å². The fourth-order valence-corrected chi connectivity index (χ4v) is 5.64. The summed E-state index contributed by atoms with van der Waals surface area (Å²) in [7, 11) is -4.59. The van der Waals surface area contributed by atoms with Crippen molar-refractivity contribution in [2.24, 2.45) is 0 Å². The molecule has 0 heterocycles. The topological polar surface area (TPSA) is 149 Å². The zero-order chi connectivity index (χ0) is 32.7. The van der Waals surface area contributed by atoms with Crippen molar-refractivity contribution in [1.29, 1.82) is 0 Å². The van der Waals surface area contributed by atoms with Gasteiger partial charge in [-0.1, -0.05) is 136 Å². The SMILES string of the molecule is CCCCCCCCCCCCCCCCCCCCCCC(=O)OC(CO)COP(=O)(O)OCC(CO)OC(=O)CCC. The van der Waals surface area contributed by atoms with Gasteiger partial charge in [-0.2, -0.15) is 0 Å². The lowest BCUT2D eigenvalue weighted by atomic mass is 10.0. The van der Waals surface area contributed by atoms with Gasteiger partial charge in [0.1, 0.15) is 12.2 Å². The van der Waals surface area contributed by atoms with Crippen LogP contribution in [0.2, 0.25) is 0 Å². The van der Waals surface area contributed by atoms with Crippen LogP contribution < -0.4 is 0 Å². The first-order chi connectivity index (χ1) is 21.3. The van der Waals surface area contributed by atoms with E-state index in [1.807, 2.05) is 0 Å². The van der Waals surface area contributed by atoms with Gasteiger partial charge in [-0.05, 0) is 12.8 Å². The average Bonchev–Trinajstić information content (AvgIpc) is 3.00. The van der Waals surface area contributed by atoms with Crippen molar-refractivity contribution in [1.82, 2.24) is 0 Å². The maximum atomic E-state index is 12.1. The predicted octanol–water partition coefficient (Wildman–Crippen LogP) is 7.94. The van der Waals surface area contributed by atoms with Crippen LogP contribution in [-0.4, -0.2) is 65.7 Å². The van der Waals surface area contributed by atoms with Gasteiger partial charge < -0.3 is 24.6 Å². The third-order valence-corrected chi connectivity index (χ3v) is 8.49. The molecule has 0 saturated carbocycles. The number of phosphoric acid groups is 1. The first kappa shape index (κ1) is 43.0. The molecule has 3 atom stereocenters. The molecule has 0 aliphatic heterocycles. The van der Waals surface area contributed by atoms with Crippen LogP contribution in [-0.2, 0) is 32.7 Å². The Balaban J connectivity index is 3.72. The number of hydrogen-bond acceptors (Lipinski definition) is 9. The van der Waals surface area contributed by atoms with Gasteiger partial charge in [0.05, 0.1) is 26.4 Å². The zero-order valence-corrected chi connectivity index (χ0v) is 28.8. The average molecular weight is 653 g/mol. The smallest absolute Gasteiger partial charge is 0.457 e. The molecule has 0 amide bonds. The number of phosphoric ester groups is 1. The van der Waals surface area contributed by atoms with Gasteiger partial charge in [0.2, 0.25) is 0 Å². The highest BCUT2D eigenvalue weighted by Gasteiger charge is 2.27. The Kier molecular flexibility index (Phi) is 29.9. The summed E-state index contributed by atoms with van der Waals surface area (Å²) < 4.78 is 31.7. The number of aliphatic hydroxyl groups excluding tert-OH is 2. The van der Waals surface area contributed by atoms with Crippen LogP contribution in [0.1, 0.15) is 162 Å². The van der Waals surface area contributed by atoms with Crippen LogP contribution in [0.15, 0.2) is 0 Å². The van der Waals surface area contributed by atoms with Gasteiger partial charge in [0, 0.05) is 12.8 Å². The molecule has 0 spiro atoms. The van der Waals surface area contributed by atoms with Gasteiger partial charge in [-0.3, -0.25) is 18.6 Å². The Hall–Kier alpha value is -1.03. The van der Waals surface area contributed by atoms with Crippen molar-refractivity contribution < 1.29 is 47.8 Å². The second kappa shape index (κ2) is 30.6. The summed E-state index contributed by atoms with van der Waals surface area (Å²) in [5.74, 6) is -1.07. The van der Waals surface area contributed by atoms with Crippen molar-refractivity contribution in [2.75, 3.05) is 26.4 Å². The quantitative estimate of drug-likeness (QED) is 0.0362. The number of esters is 2. The largest absolute Gasteiger partial charge is 0.472 e. The highest BCUT2D eigenvalue weighted by molar-refractivity contribution is 7.47. The summed E-state index contributed by atoms with van der Waals surface area (Å²) >= 11 is 0. The van der Waals surface area contributed by atoms with Crippen LogP contribution in [0.5, 0.6) is 0 Å². The number of ether oxygens (including phenoxy) is 2. The minimum absolute atomic E-state index is 0.146. The lowest BCUT2D eigenvalue weighted by molar-refractivity contribution is -0.153. The molecule has 44 heavy (non-hydrogen) atoms. The normalized spacial score (nSPS) is 14.2. The minimum atomic E-state index is -4.59. The lowest BCUT2D eigenvalue weighted by Crippen LogP contribution is -2.28. The second-order valence-corrected chi connectivity index (χ2v) is 13.3. The Morgan fingerprint density at radius 1 is 0.523 bits per heavy atom. The van der Waals surface area contributed by atoms with Gasteiger partial charge in [0.25, 0.3) is 0 Å². The molecule has 0 aromatic carbocycles. The third kappa shape index (κ3) is 28.4. The third-order valence-electron chi connectivity index (χ3n) is 7.54. The molecule has 0 saturated heterocycles. The molecule has 0 aliphatic rings. The van der Waals surface area contributed by atoms with Gasteiger partial charge in [-0.25, -0.2) is 4.57 Å². The molecular weight excluding hydrogens is 587 g/mol. The first-order valence-corrected chi connectivity index (χ1v) is 19.0. The van der Waals surface area contributed by atoms with E-state index < -0.39 is 58.4 Å². The molecule has 11 heteroatoms. The molecule has 3 N–H and O–H groups in total. The van der Waals surface area contributed by atoms with Crippen LogP contribution >= 0.6 is 7.82 Å². The molecule has 0 radical (unpaired) electrons. The minimum Gasteiger partial charge on any atom is -0.457 e. The Morgan fingerprint density at radius 2 is 0.841 bits per heavy atom. The number of aliphatic hydroxyl groups is 2. The number of hydrogen-bond donors (Lipinski definition) is 3. The van der Waals surface area contributed by atoms with Gasteiger partial charge in [-0.15, -0.1) is 0 Å². The maximum absolute atomic E-state index is 12.1. The molecule has 3 unspecified atom stereocenters. The standard InChI is InChI=1S/C33H65O10P/c1-3-5-6-7-8-9-10-11-12-13-14-15-16-17-18-19-20-21-22-23-25-33(37)43-31(27-35)29-41-44(38,39)40-28-30(26-34)42-32(36)24-4-2/h30-31,34-35H,3-29H2,1-2H3,(H,38,39). The summed E-state index contributed by atoms with van der Waals surface area (Å²) in [6, 6.07) is 0. The monoisotopic (exact) mass is 652 g/mol. The fourth-order valence-electron chi connectivity index (χ4n) is 4.86. The highest BCUT2D eigenvalue weighted by atomic mass is 31.2. The van der Waals surface area contributed by atoms with Crippen LogP contribution in [0.3, 0.4) is 0 Å². The number of unbranched alkanes of at least 4 members (excludes halogenated alkanes) is 19. The second-order valence-electron chi connectivity index (χ2n) is 11.9. The van der Waals surface area contributed by atoms with Crippen molar-refractivity contribution in [3.63, 3.8) is 0 Å². The van der Waals surface area contributed by atoms with Gasteiger partial charge >= 0.3 is 19.8 Å². The van der Waals surface area contributed by atoms with Gasteiger partial charge in [0.15, 0.2) is 0 Å². The molecular formula is C33H65O10P. The van der Waals surface area contributed by atoms with E-state index in [0.717, 1.165) is 19.3 Å². The van der Waals surface area contributed by atoms with E-state index in [9.17, 15) is 29.3 Å². The lowest BCUT2D eigenvalue weighted by Gasteiger charge is -2.20. The summed E-state index contributed by atoms with van der Waals surface area (Å²) in [5.41, 5.74) is 0. The Bertz CT molecular complexity index is 721. The van der Waals surface area contributed by atoms with E-state index in [1.165, 1.54) is 103 Å². The van der Waals surface area contributed by atoms with E-state index >= 15 is 0 Å². The molecule has 0 fully saturated rings. The summed E-state index contributed by atoms with van der Waals surface area (Å²) in [6.45, 7) is 1.78.